The van der Waals surface area contributed by atoms with Crippen molar-refractivity contribution in [2.24, 2.45) is 0 Å². The fourth-order valence-corrected chi connectivity index (χ4v) is 5.47. The second kappa shape index (κ2) is 7.48. The molecular formula is C24H24FN3O3. The van der Waals surface area contributed by atoms with Gasteiger partial charge in [-0.2, -0.15) is 0 Å². The Morgan fingerprint density at radius 2 is 1.81 bits per heavy atom. The number of likely N-dealkylation sites (tertiary alicyclic amines) is 1. The molecule has 0 aliphatic carbocycles. The van der Waals surface area contributed by atoms with Crippen LogP contribution < -0.4 is 10.6 Å². The van der Waals surface area contributed by atoms with Gasteiger partial charge in [0.2, 0.25) is 17.7 Å². The number of halogens is 1. The summed E-state index contributed by atoms with van der Waals surface area (Å²) in [7, 11) is 0. The molecule has 6 nitrogen and oxygen atoms in total. The largest absolute Gasteiger partial charge is 0.348 e. The Bertz CT molecular complexity index is 1050. The van der Waals surface area contributed by atoms with Crippen molar-refractivity contribution in [3.05, 3.63) is 65.5 Å². The van der Waals surface area contributed by atoms with Gasteiger partial charge in [0.1, 0.15) is 5.82 Å². The molecule has 5 rings (SSSR count). The molecule has 2 aromatic rings. The minimum atomic E-state index is -0.583. The summed E-state index contributed by atoms with van der Waals surface area (Å²) >= 11 is 0. The molecule has 3 amide bonds. The Morgan fingerprint density at radius 1 is 1.03 bits per heavy atom. The summed E-state index contributed by atoms with van der Waals surface area (Å²) in [5, 5.41) is 5.99. The van der Waals surface area contributed by atoms with Gasteiger partial charge in [-0.3, -0.25) is 14.4 Å². The van der Waals surface area contributed by atoms with Crippen LogP contribution in [0.25, 0.3) is 0 Å². The van der Waals surface area contributed by atoms with E-state index in [1.165, 1.54) is 12.1 Å². The third-order valence-corrected chi connectivity index (χ3v) is 6.81. The summed E-state index contributed by atoms with van der Waals surface area (Å²) in [6.07, 6.45) is 2.63. The fraction of sp³-hybridized carbons (Fsp3) is 0.375. The lowest BCUT2D eigenvalue weighted by Crippen LogP contribution is -2.59. The molecule has 31 heavy (non-hydrogen) atoms. The normalized spacial score (nSPS) is 27.6. The number of nitrogens with zero attached hydrogens (tertiary/aromatic N) is 1. The van der Waals surface area contributed by atoms with E-state index in [1.807, 2.05) is 23.1 Å². The molecule has 2 aromatic carbocycles. The quantitative estimate of drug-likeness (QED) is 0.781. The van der Waals surface area contributed by atoms with Crippen molar-refractivity contribution in [1.82, 2.24) is 10.2 Å². The summed E-state index contributed by atoms with van der Waals surface area (Å²) in [5.74, 6) is -1.27. The van der Waals surface area contributed by atoms with E-state index in [9.17, 15) is 18.8 Å². The Labute approximate surface area is 179 Å². The third-order valence-electron chi connectivity index (χ3n) is 6.81. The first-order valence-corrected chi connectivity index (χ1v) is 10.7. The highest BCUT2D eigenvalue weighted by Gasteiger charge is 2.51. The molecule has 0 saturated carbocycles. The highest BCUT2D eigenvalue weighted by molar-refractivity contribution is 6.01. The van der Waals surface area contributed by atoms with Crippen molar-refractivity contribution >= 4 is 23.4 Å². The van der Waals surface area contributed by atoms with Crippen LogP contribution in [-0.4, -0.2) is 34.7 Å². The van der Waals surface area contributed by atoms with E-state index in [2.05, 4.69) is 10.6 Å². The molecule has 160 valence electrons. The van der Waals surface area contributed by atoms with Crippen LogP contribution in [0.4, 0.5) is 10.1 Å². The number of fused-ring (bicyclic) bond motifs is 1. The number of nitrogens with one attached hydrogen (secondary N) is 2. The molecule has 0 bridgehead atoms. The van der Waals surface area contributed by atoms with E-state index in [0.717, 1.165) is 24.0 Å². The maximum Gasteiger partial charge on any atom is 0.231 e. The molecule has 2 fully saturated rings. The Balaban J connectivity index is 1.56. The predicted octanol–water partition coefficient (Wildman–Crippen LogP) is 3.26. The number of amides is 3. The molecule has 3 heterocycles. The second-order valence-corrected chi connectivity index (χ2v) is 8.69. The van der Waals surface area contributed by atoms with Gasteiger partial charge in [-0.25, -0.2) is 4.39 Å². The average molecular weight is 421 g/mol. The average Bonchev–Trinajstić information content (AvgIpc) is 3.13. The van der Waals surface area contributed by atoms with Crippen molar-refractivity contribution in [2.45, 2.75) is 49.6 Å². The molecule has 0 aromatic heterocycles. The van der Waals surface area contributed by atoms with Gasteiger partial charge in [-0.05, 0) is 48.6 Å². The maximum atomic E-state index is 13.9. The molecule has 2 N–H and O–H groups in total. The number of rotatable bonds is 2. The van der Waals surface area contributed by atoms with Gasteiger partial charge in [0, 0.05) is 25.1 Å². The van der Waals surface area contributed by atoms with Gasteiger partial charge < -0.3 is 15.5 Å². The number of hydrogen-bond donors (Lipinski definition) is 2. The molecule has 7 heteroatoms. The molecule has 2 saturated heterocycles. The standard InChI is InChI=1S/C24H24FN3O3/c25-16-8-6-15(7-9-16)22-24(12-10-20(29)27-24)11-3-13-28(22)23(31)18-14-21(30)26-19-5-2-1-4-17(18)19/h1-2,4-9,18,22H,3,10-14H2,(H,26,30)(H,27,29)/t18-,22+,24-/m0/s1. The summed E-state index contributed by atoms with van der Waals surface area (Å²) in [6.45, 7) is 0.527. The summed E-state index contributed by atoms with van der Waals surface area (Å²) in [5.41, 5.74) is 1.70. The molecule has 3 atom stereocenters. The molecule has 3 aliphatic heterocycles. The Morgan fingerprint density at radius 3 is 2.55 bits per heavy atom. The van der Waals surface area contributed by atoms with Crippen LogP contribution in [0.2, 0.25) is 0 Å². The van der Waals surface area contributed by atoms with Crippen molar-refractivity contribution in [3.8, 4) is 0 Å². The molecule has 3 aliphatic rings. The Kier molecular flexibility index (Phi) is 4.76. The van der Waals surface area contributed by atoms with E-state index in [-0.39, 0.29) is 30.0 Å². The van der Waals surface area contributed by atoms with Crippen LogP contribution in [-0.2, 0) is 14.4 Å². The number of hydrogen-bond acceptors (Lipinski definition) is 3. The predicted molar refractivity (Wildman–Crippen MR) is 113 cm³/mol. The van der Waals surface area contributed by atoms with Gasteiger partial charge >= 0.3 is 0 Å². The van der Waals surface area contributed by atoms with E-state index in [4.69, 9.17) is 0 Å². The minimum absolute atomic E-state index is 0.0243. The van der Waals surface area contributed by atoms with Crippen LogP contribution in [0.1, 0.15) is 55.2 Å². The monoisotopic (exact) mass is 421 g/mol. The summed E-state index contributed by atoms with van der Waals surface area (Å²) in [6, 6.07) is 13.1. The van der Waals surface area contributed by atoms with Gasteiger partial charge in [0.15, 0.2) is 0 Å². The van der Waals surface area contributed by atoms with Crippen LogP contribution in [0.15, 0.2) is 48.5 Å². The number of carbonyl (C=O) groups is 3. The number of carbonyl (C=O) groups excluding carboxylic acids is 3. The molecule has 1 spiro atoms. The fourth-order valence-electron chi connectivity index (χ4n) is 5.47. The molecule has 0 unspecified atom stereocenters. The smallest absolute Gasteiger partial charge is 0.231 e. The van der Waals surface area contributed by atoms with E-state index >= 15 is 0 Å². The number of piperidine rings is 1. The van der Waals surface area contributed by atoms with Crippen molar-refractivity contribution in [2.75, 3.05) is 11.9 Å². The third kappa shape index (κ3) is 3.38. The number of para-hydroxylation sites is 1. The van der Waals surface area contributed by atoms with Crippen molar-refractivity contribution in [1.29, 1.82) is 0 Å². The lowest BCUT2D eigenvalue weighted by Gasteiger charge is -2.49. The van der Waals surface area contributed by atoms with Gasteiger partial charge in [-0.15, -0.1) is 0 Å². The van der Waals surface area contributed by atoms with Crippen LogP contribution >= 0.6 is 0 Å². The topological polar surface area (TPSA) is 78.5 Å². The van der Waals surface area contributed by atoms with Gasteiger partial charge in [0.25, 0.3) is 0 Å². The summed E-state index contributed by atoms with van der Waals surface area (Å²) < 4.78 is 13.6. The van der Waals surface area contributed by atoms with Crippen LogP contribution in [0.3, 0.4) is 0 Å². The number of benzene rings is 2. The lowest BCUT2D eigenvalue weighted by atomic mass is 9.75. The van der Waals surface area contributed by atoms with Crippen LogP contribution in [0.5, 0.6) is 0 Å². The van der Waals surface area contributed by atoms with E-state index < -0.39 is 17.5 Å². The maximum absolute atomic E-state index is 13.9. The first-order chi connectivity index (χ1) is 15.0. The van der Waals surface area contributed by atoms with Gasteiger partial charge in [-0.1, -0.05) is 30.3 Å². The zero-order valence-electron chi connectivity index (χ0n) is 17.1. The van der Waals surface area contributed by atoms with Crippen molar-refractivity contribution in [3.63, 3.8) is 0 Å². The van der Waals surface area contributed by atoms with E-state index in [1.54, 1.807) is 18.2 Å². The van der Waals surface area contributed by atoms with Gasteiger partial charge in [0.05, 0.1) is 17.5 Å². The lowest BCUT2D eigenvalue weighted by molar-refractivity contribution is -0.141. The zero-order valence-corrected chi connectivity index (χ0v) is 17.1. The SMILES string of the molecule is O=C1C[C@H](C(=O)N2CCC[C@]3(CCC(=O)N3)[C@H]2c2ccc(F)cc2)c2ccccc2N1. The zero-order chi connectivity index (χ0) is 21.6. The summed E-state index contributed by atoms with van der Waals surface area (Å²) in [4.78, 5) is 40.2. The highest BCUT2D eigenvalue weighted by atomic mass is 19.1. The van der Waals surface area contributed by atoms with Crippen LogP contribution in [0, 0.1) is 5.82 Å². The Hall–Kier alpha value is -3.22. The molecular weight excluding hydrogens is 397 g/mol. The second-order valence-electron chi connectivity index (χ2n) is 8.69. The van der Waals surface area contributed by atoms with E-state index in [0.29, 0.717) is 25.1 Å². The first kappa shape index (κ1) is 19.7. The van der Waals surface area contributed by atoms with Crippen molar-refractivity contribution < 1.29 is 18.8 Å². The molecule has 0 radical (unpaired) electrons. The highest BCUT2D eigenvalue weighted by Crippen LogP contribution is 2.46. The first-order valence-electron chi connectivity index (χ1n) is 10.7. The minimum Gasteiger partial charge on any atom is -0.348 e. The number of anilines is 1.